The molecule has 23 heavy (non-hydrogen) atoms. The molecule has 0 saturated carbocycles. The van der Waals surface area contributed by atoms with Crippen LogP contribution < -0.4 is 10.6 Å². The molecule has 0 aliphatic heterocycles. The highest BCUT2D eigenvalue weighted by Crippen LogP contribution is 2.37. The fraction of sp³-hybridized carbons (Fsp3) is 0.706. The van der Waals surface area contributed by atoms with Crippen LogP contribution in [0.5, 0.6) is 0 Å². The van der Waals surface area contributed by atoms with E-state index in [2.05, 4.69) is 39.6 Å². The molecular weight excluding hydrogens is 376 g/mol. The van der Waals surface area contributed by atoms with E-state index in [1.807, 2.05) is 32.1 Å². The topological polar surface area (TPSA) is 50.4 Å². The summed E-state index contributed by atoms with van der Waals surface area (Å²) in [5.41, 5.74) is 0.956. The predicted molar refractivity (Wildman–Crippen MR) is 99.1 cm³/mol. The Bertz CT molecular complexity index is 539. The first-order valence-electron chi connectivity index (χ1n) is 8.29. The molecule has 0 fully saturated rings. The van der Waals surface area contributed by atoms with Crippen molar-refractivity contribution in [2.24, 2.45) is 0 Å². The van der Waals surface area contributed by atoms with Gasteiger partial charge in [0.15, 0.2) is 0 Å². The Balaban J connectivity index is 1.87. The van der Waals surface area contributed by atoms with E-state index >= 15 is 0 Å². The maximum Gasteiger partial charge on any atom is 0.407 e. The van der Waals surface area contributed by atoms with E-state index in [0.29, 0.717) is 6.04 Å². The van der Waals surface area contributed by atoms with Crippen LogP contribution >= 0.6 is 27.3 Å². The Morgan fingerprint density at radius 2 is 2.26 bits per heavy atom. The van der Waals surface area contributed by atoms with Gasteiger partial charge in [-0.3, -0.25) is 0 Å². The highest BCUT2D eigenvalue weighted by molar-refractivity contribution is 9.11. The fourth-order valence-electron chi connectivity index (χ4n) is 2.79. The zero-order valence-electron chi connectivity index (χ0n) is 14.4. The van der Waals surface area contributed by atoms with Crippen LogP contribution in [0.15, 0.2) is 9.85 Å². The molecule has 0 saturated heterocycles. The van der Waals surface area contributed by atoms with Crippen molar-refractivity contribution >= 4 is 33.4 Å². The summed E-state index contributed by atoms with van der Waals surface area (Å²) >= 11 is 5.43. The summed E-state index contributed by atoms with van der Waals surface area (Å²) in [7, 11) is 0. The van der Waals surface area contributed by atoms with E-state index in [1.54, 1.807) is 0 Å². The Hall–Kier alpha value is -0.590. The van der Waals surface area contributed by atoms with Crippen LogP contribution in [0.1, 0.15) is 63.4 Å². The Morgan fingerprint density at radius 3 is 2.91 bits per heavy atom. The third-order valence-electron chi connectivity index (χ3n) is 3.91. The highest BCUT2D eigenvalue weighted by Gasteiger charge is 2.24. The van der Waals surface area contributed by atoms with Crippen molar-refractivity contribution in [3.63, 3.8) is 0 Å². The van der Waals surface area contributed by atoms with Crippen LogP contribution in [0, 0.1) is 0 Å². The summed E-state index contributed by atoms with van der Waals surface area (Å²) in [6.07, 6.45) is 4.08. The molecule has 0 spiro atoms. The molecule has 1 aliphatic rings. The van der Waals surface area contributed by atoms with Crippen molar-refractivity contribution in [1.82, 2.24) is 10.6 Å². The summed E-state index contributed by atoms with van der Waals surface area (Å²) in [5, 5.41) is 6.59. The number of carbonyl (C=O) groups is 1. The molecule has 2 rings (SSSR count). The van der Waals surface area contributed by atoms with E-state index in [1.165, 1.54) is 27.1 Å². The molecule has 4 nitrogen and oxygen atoms in total. The number of halogens is 1. The SMILES string of the molecule is CCC(CNC1CCCc2sc(Br)cc21)NC(=O)OC(C)(C)C. The van der Waals surface area contributed by atoms with Crippen LogP contribution in [-0.2, 0) is 11.2 Å². The molecule has 1 aromatic heterocycles. The molecule has 1 aliphatic carbocycles. The van der Waals surface area contributed by atoms with E-state index < -0.39 is 5.60 Å². The van der Waals surface area contributed by atoms with Gasteiger partial charge in [-0.05, 0) is 74.0 Å². The molecule has 0 bridgehead atoms. The maximum atomic E-state index is 11.9. The van der Waals surface area contributed by atoms with Gasteiger partial charge in [-0.1, -0.05) is 6.92 Å². The summed E-state index contributed by atoms with van der Waals surface area (Å²) in [6.45, 7) is 8.47. The second-order valence-corrected chi connectivity index (χ2v) is 9.55. The smallest absolute Gasteiger partial charge is 0.407 e. The summed E-state index contributed by atoms with van der Waals surface area (Å²) < 4.78 is 6.54. The second-order valence-electron chi connectivity index (χ2n) is 7.03. The van der Waals surface area contributed by atoms with Gasteiger partial charge in [0.1, 0.15) is 5.60 Å². The zero-order valence-corrected chi connectivity index (χ0v) is 16.8. The molecule has 6 heteroatoms. The lowest BCUT2D eigenvalue weighted by molar-refractivity contribution is 0.0501. The number of hydrogen-bond donors (Lipinski definition) is 2. The number of hydrogen-bond acceptors (Lipinski definition) is 4. The van der Waals surface area contributed by atoms with Gasteiger partial charge >= 0.3 is 6.09 Å². The number of ether oxygens (including phenoxy) is 1. The first kappa shape index (κ1) is 18.7. The Morgan fingerprint density at radius 1 is 1.52 bits per heavy atom. The number of nitrogens with one attached hydrogen (secondary N) is 2. The van der Waals surface area contributed by atoms with Crippen LogP contribution in [0.2, 0.25) is 0 Å². The average molecular weight is 403 g/mol. The Labute approximate surface area is 151 Å². The molecule has 2 unspecified atom stereocenters. The highest BCUT2D eigenvalue weighted by atomic mass is 79.9. The van der Waals surface area contributed by atoms with Gasteiger partial charge in [-0.15, -0.1) is 11.3 Å². The number of carbonyl (C=O) groups excluding carboxylic acids is 1. The maximum absolute atomic E-state index is 11.9. The van der Waals surface area contributed by atoms with Crippen molar-refractivity contribution < 1.29 is 9.53 Å². The van der Waals surface area contributed by atoms with Crippen molar-refractivity contribution in [2.45, 2.75) is 71.1 Å². The molecular formula is C17H27BrN2O2S. The van der Waals surface area contributed by atoms with Crippen molar-refractivity contribution in [2.75, 3.05) is 6.54 Å². The van der Waals surface area contributed by atoms with E-state index in [0.717, 1.165) is 19.4 Å². The van der Waals surface area contributed by atoms with Gasteiger partial charge in [-0.2, -0.15) is 0 Å². The van der Waals surface area contributed by atoms with Crippen molar-refractivity contribution in [3.8, 4) is 0 Å². The number of rotatable bonds is 5. The fourth-order valence-corrected chi connectivity index (χ4v) is 4.61. The standard InChI is InChI=1S/C17H27BrN2O2S/c1-5-11(20-16(21)22-17(2,3)4)10-19-13-7-6-8-14-12(13)9-15(18)23-14/h9,11,13,19H,5-8,10H2,1-4H3,(H,20,21). The lowest BCUT2D eigenvalue weighted by Gasteiger charge is -2.27. The summed E-state index contributed by atoms with van der Waals surface area (Å²) in [5.74, 6) is 0. The van der Waals surface area contributed by atoms with E-state index in [-0.39, 0.29) is 12.1 Å². The summed E-state index contributed by atoms with van der Waals surface area (Å²) in [4.78, 5) is 13.4. The van der Waals surface area contributed by atoms with E-state index in [4.69, 9.17) is 4.74 Å². The number of alkyl carbamates (subject to hydrolysis) is 1. The van der Waals surface area contributed by atoms with Gasteiger partial charge in [0.2, 0.25) is 0 Å². The normalized spacial score (nSPS) is 19.1. The molecule has 0 radical (unpaired) electrons. The number of fused-ring (bicyclic) bond motifs is 1. The summed E-state index contributed by atoms with van der Waals surface area (Å²) in [6, 6.07) is 2.70. The van der Waals surface area contributed by atoms with Crippen LogP contribution in [0.3, 0.4) is 0 Å². The van der Waals surface area contributed by atoms with Crippen LogP contribution in [0.25, 0.3) is 0 Å². The predicted octanol–water partition coefficient (Wildman–Crippen LogP) is 4.78. The monoisotopic (exact) mass is 402 g/mol. The molecule has 2 N–H and O–H groups in total. The van der Waals surface area contributed by atoms with Gasteiger partial charge < -0.3 is 15.4 Å². The van der Waals surface area contributed by atoms with Crippen LogP contribution in [0.4, 0.5) is 4.79 Å². The van der Waals surface area contributed by atoms with Gasteiger partial charge in [-0.25, -0.2) is 4.79 Å². The lowest BCUT2D eigenvalue weighted by Crippen LogP contribution is -2.44. The Kier molecular flexibility index (Phi) is 6.51. The molecule has 1 amide bonds. The third kappa shape index (κ3) is 5.76. The van der Waals surface area contributed by atoms with Gasteiger partial charge in [0.25, 0.3) is 0 Å². The lowest BCUT2D eigenvalue weighted by atomic mass is 9.94. The quantitative estimate of drug-likeness (QED) is 0.744. The third-order valence-corrected chi connectivity index (χ3v) is 5.62. The number of aryl methyl sites for hydroxylation is 1. The number of thiophene rings is 1. The van der Waals surface area contributed by atoms with Crippen molar-refractivity contribution in [1.29, 1.82) is 0 Å². The minimum atomic E-state index is -0.461. The van der Waals surface area contributed by atoms with Crippen LogP contribution in [-0.4, -0.2) is 24.3 Å². The molecule has 0 aromatic carbocycles. The van der Waals surface area contributed by atoms with Crippen molar-refractivity contribution in [3.05, 3.63) is 20.3 Å². The van der Waals surface area contributed by atoms with Gasteiger partial charge in [0.05, 0.1) is 3.79 Å². The molecule has 2 atom stereocenters. The average Bonchev–Trinajstić information content (AvgIpc) is 2.82. The first-order valence-corrected chi connectivity index (χ1v) is 9.90. The largest absolute Gasteiger partial charge is 0.444 e. The molecule has 1 aromatic rings. The minimum Gasteiger partial charge on any atom is -0.444 e. The van der Waals surface area contributed by atoms with Gasteiger partial charge in [0, 0.05) is 23.5 Å². The first-order chi connectivity index (χ1) is 10.8. The van der Waals surface area contributed by atoms with E-state index in [9.17, 15) is 4.79 Å². The molecule has 130 valence electrons. The molecule has 1 heterocycles. The number of amides is 1. The zero-order chi connectivity index (χ0) is 17.0. The second kappa shape index (κ2) is 7.99. The minimum absolute atomic E-state index is 0.0808.